The highest BCUT2D eigenvalue weighted by Crippen LogP contribution is 2.18. The van der Waals surface area contributed by atoms with Gasteiger partial charge in [0.05, 0.1) is 19.1 Å². The summed E-state index contributed by atoms with van der Waals surface area (Å²) >= 11 is 0. The third-order valence-corrected chi connectivity index (χ3v) is 4.19. The molecule has 2 fully saturated rings. The smallest absolute Gasteiger partial charge is 0.308 e. The topological polar surface area (TPSA) is 87.7 Å². The van der Waals surface area contributed by atoms with E-state index in [1.807, 2.05) is 0 Å². The van der Waals surface area contributed by atoms with Crippen LogP contribution in [-0.2, 0) is 19.1 Å². The second-order valence-electron chi connectivity index (χ2n) is 5.90. The molecule has 0 aromatic carbocycles. The summed E-state index contributed by atoms with van der Waals surface area (Å²) in [4.78, 5) is 38.0. The fourth-order valence-electron chi connectivity index (χ4n) is 3.09. The molecule has 2 aliphatic rings. The second-order valence-corrected chi connectivity index (χ2v) is 5.90. The Balaban J connectivity index is 2.05. The van der Waals surface area contributed by atoms with Crippen molar-refractivity contribution in [1.82, 2.24) is 15.5 Å². The van der Waals surface area contributed by atoms with Crippen LogP contribution >= 0.6 is 0 Å². The first-order chi connectivity index (χ1) is 10.5. The van der Waals surface area contributed by atoms with E-state index in [-0.39, 0.29) is 30.9 Å². The molecule has 0 radical (unpaired) electrons. The summed E-state index contributed by atoms with van der Waals surface area (Å²) in [5.41, 5.74) is 0. The molecular weight excluding hydrogens is 286 g/mol. The van der Waals surface area contributed by atoms with Crippen molar-refractivity contribution in [2.45, 2.75) is 57.7 Å². The Labute approximate surface area is 130 Å². The number of carbonyl (C=O) groups excluding carboxylic acids is 3. The van der Waals surface area contributed by atoms with Gasteiger partial charge in [-0.1, -0.05) is 0 Å². The lowest BCUT2D eigenvalue weighted by Gasteiger charge is -2.38. The summed E-state index contributed by atoms with van der Waals surface area (Å²) < 4.78 is 4.91. The highest BCUT2D eigenvalue weighted by atomic mass is 16.5. The average molecular weight is 311 g/mol. The molecule has 3 unspecified atom stereocenters. The fourth-order valence-corrected chi connectivity index (χ4v) is 3.09. The summed E-state index contributed by atoms with van der Waals surface area (Å²) in [5.74, 6) is -0.820. The van der Waals surface area contributed by atoms with Gasteiger partial charge in [-0.3, -0.25) is 14.4 Å². The van der Waals surface area contributed by atoms with E-state index in [0.29, 0.717) is 19.1 Å². The molecule has 7 heteroatoms. The number of nitrogens with one attached hydrogen (secondary N) is 2. The highest BCUT2D eigenvalue weighted by molar-refractivity contribution is 5.93. The van der Waals surface area contributed by atoms with Gasteiger partial charge in [0.2, 0.25) is 11.8 Å². The molecule has 2 saturated heterocycles. The minimum atomic E-state index is -0.765. The number of esters is 1. The molecular formula is C15H25N3O4. The Hall–Kier alpha value is -1.63. The van der Waals surface area contributed by atoms with E-state index < -0.39 is 12.0 Å². The Morgan fingerprint density at radius 3 is 2.82 bits per heavy atom. The first kappa shape index (κ1) is 16.7. The van der Waals surface area contributed by atoms with Crippen molar-refractivity contribution >= 4 is 17.8 Å². The third-order valence-electron chi connectivity index (χ3n) is 4.19. The Morgan fingerprint density at radius 1 is 1.36 bits per heavy atom. The van der Waals surface area contributed by atoms with Crippen LogP contribution in [0.15, 0.2) is 0 Å². The Kier molecular flexibility index (Phi) is 5.76. The molecule has 2 aliphatic heterocycles. The molecule has 0 aliphatic carbocycles. The zero-order valence-corrected chi connectivity index (χ0v) is 13.3. The predicted octanol–water partition coefficient (Wildman–Crippen LogP) is -0.203. The maximum atomic E-state index is 12.7. The molecule has 22 heavy (non-hydrogen) atoms. The molecule has 2 rings (SSSR count). The molecule has 7 nitrogen and oxygen atoms in total. The van der Waals surface area contributed by atoms with Gasteiger partial charge in [0.15, 0.2) is 0 Å². The predicted molar refractivity (Wildman–Crippen MR) is 80.0 cm³/mol. The zero-order valence-electron chi connectivity index (χ0n) is 13.3. The second kappa shape index (κ2) is 7.58. The summed E-state index contributed by atoms with van der Waals surface area (Å²) in [7, 11) is 0. The quantitative estimate of drug-likeness (QED) is 0.702. The number of carbonyl (C=O) groups is 3. The number of nitrogens with zero attached hydrogens (tertiary/aromatic N) is 1. The van der Waals surface area contributed by atoms with Crippen LogP contribution in [-0.4, -0.2) is 60.5 Å². The largest absolute Gasteiger partial charge is 0.466 e. The SMILES string of the molecule is CCOC(=O)CC1C(=O)NCCN1C(=O)C1CCCC(C)N1. The zero-order chi connectivity index (χ0) is 16.1. The fraction of sp³-hybridized carbons (Fsp3) is 0.800. The average Bonchev–Trinajstić information content (AvgIpc) is 2.49. The van der Waals surface area contributed by atoms with Gasteiger partial charge in [-0.2, -0.15) is 0 Å². The van der Waals surface area contributed by atoms with Crippen molar-refractivity contribution in [1.29, 1.82) is 0 Å². The van der Waals surface area contributed by atoms with Crippen molar-refractivity contribution in [3.05, 3.63) is 0 Å². The highest BCUT2D eigenvalue weighted by Gasteiger charge is 2.38. The molecule has 2 heterocycles. The van der Waals surface area contributed by atoms with Gasteiger partial charge in [0.25, 0.3) is 0 Å². The van der Waals surface area contributed by atoms with Crippen LogP contribution in [0.5, 0.6) is 0 Å². The summed E-state index contributed by atoms with van der Waals surface area (Å²) in [5, 5.41) is 6.00. The maximum Gasteiger partial charge on any atom is 0.308 e. The molecule has 3 atom stereocenters. The number of ether oxygens (including phenoxy) is 1. The number of piperazine rings is 1. The standard InChI is InChI=1S/C15H25N3O4/c1-3-22-13(19)9-12-14(20)16-7-8-18(12)15(21)11-6-4-5-10(2)17-11/h10-12,17H,3-9H2,1-2H3,(H,16,20). The van der Waals surface area contributed by atoms with E-state index in [4.69, 9.17) is 4.74 Å². The number of piperidine rings is 1. The van der Waals surface area contributed by atoms with Crippen molar-refractivity contribution in [3.8, 4) is 0 Å². The van der Waals surface area contributed by atoms with Gasteiger partial charge in [-0.25, -0.2) is 0 Å². The summed E-state index contributed by atoms with van der Waals surface area (Å²) in [6.07, 6.45) is 2.73. The van der Waals surface area contributed by atoms with E-state index in [0.717, 1.165) is 19.3 Å². The Morgan fingerprint density at radius 2 is 2.14 bits per heavy atom. The van der Waals surface area contributed by atoms with Gasteiger partial charge in [0.1, 0.15) is 6.04 Å². The molecule has 0 saturated carbocycles. The lowest BCUT2D eigenvalue weighted by atomic mass is 9.97. The van der Waals surface area contributed by atoms with E-state index in [1.165, 1.54) is 4.90 Å². The van der Waals surface area contributed by atoms with Crippen LogP contribution in [0.3, 0.4) is 0 Å². The lowest BCUT2D eigenvalue weighted by Crippen LogP contribution is -2.62. The van der Waals surface area contributed by atoms with Crippen LogP contribution < -0.4 is 10.6 Å². The first-order valence-corrected chi connectivity index (χ1v) is 8.02. The van der Waals surface area contributed by atoms with Crippen molar-refractivity contribution < 1.29 is 19.1 Å². The van der Waals surface area contributed by atoms with Gasteiger partial charge in [-0.05, 0) is 33.1 Å². The van der Waals surface area contributed by atoms with Crippen molar-refractivity contribution in [2.75, 3.05) is 19.7 Å². The normalized spacial score (nSPS) is 28.9. The number of rotatable bonds is 4. The van der Waals surface area contributed by atoms with Crippen LogP contribution in [0.1, 0.15) is 39.5 Å². The lowest BCUT2D eigenvalue weighted by molar-refractivity contribution is -0.152. The monoisotopic (exact) mass is 311 g/mol. The Bertz CT molecular complexity index is 441. The maximum absolute atomic E-state index is 12.7. The van der Waals surface area contributed by atoms with Crippen LogP contribution in [0, 0.1) is 0 Å². The molecule has 0 spiro atoms. The van der Waals surface area contributed by atoms with Gasteiger partial charge < -0.3 is 20.3 Å². The van der Waals surface area contributed by atoms with Gasteiger partial charge >= 0.3 is 5.97 Å². The van der Waals surface area contributed by atoms with Gasteiger partial charge in [0, 0.05) is 19.1 Å². The number of hydrogen-bond donors (Lipinski definition) is 2. The van der Waals surface area contributed by atoms with Crippen LogP contribution in [0.25, 0.3) is 0 Å². The molecule has 2 amide bonds. The molecule has 2 N–H and O–H groups in total. The first-order valence-electron chi connectivity index (χ1n) is 8.02. The third kappa shape index (κ3) is 3.97. The summed E-state index contributed by atoms with van der Waals surface area (Å²) in [6.45, 7) is 4.89. The van der Waals surface area contributed by atoms with Crippen LogP contribution in [0.4, 0.5) is 0 Å². The van der Waals surface area contributed by atoms with Gasteiger partial charge in [-0.15, -0.1) is 0 Å². The van der Waals surface area contributed by atoms with E-state index in [2.05, 4.69) is 17.6 Å². The molecule has 0 bridgehead atoms. The van der Waals surface area contributed by atoms with Crippen LogP contribution in [0.2, 0.25) is 0 Å². The minimum Gasteiger partial charge on any atom is -0.466 e. The van der Waals surface area contributed by atoms with Crippen molar-refractivity contribution in [3.63, 3.8) is 0 Å². The minimum absolute atomic E-state index is 0.0873. The number of hydrogen-bond acceptors (Lipinski definition) is 5. The van der Waals surface area contributed by atoms with Crippen molar-refractivity contribution in [2.24, 2.45) is 0 Å². The van der Waals surface area contributed by atoms with E-state index in [1.54, 1.807) is 6.92 Å². The molecule has 124 valence electrons. The van der Waals surface area contributed by atoms with E-state index in [9.17, 15) is 14.4 Å². The number of amides is 2. The summed E-state index contributed by atoms with van der Waals surface area (Å²) in [6, 6.07) is -0.733. The molecule has 0 aromatic rings. The molecule has 0 aromatic heterocycles. The van der Waals surface area contributed by atoms with E-state index >= 15 is 0 Å².